The van der Waals surface area contributed by atoms with E-state index in [9.17, 15) is 0 Å². The highest BCUT2D eigenvalue weighted by Crippen LogP contribution is 2.26. The summed E-state index contributed by atoms with van der Waals surface area (Å²) in [7, 11) is 1.68. The number of nitrogens with one attached hydrogen (secondary N) is 1. The minimum absolute atomic E-state index is 0.251. The lowest BCUT2D eigenvalue weighted by atomic mass is 9.99. The highest BCUT2D eigenvalue weighted by Gasteiger charge is 2.20. The first-order chi connectivity index (χ1) is 9.65. The smallest absolute Gasteiger partial charge is 0.133 e. The zero-order valence-corrected chi connectivity index (χ0v) is 14.5. The molecule has 1 aromatic rings. The van der Waals surface area contributed by atoms with Crippen molar-refractivity contribution in [2.24, 2.45) is 0 Å². The average Bonchev–Trinajstić information content (AvgIpc) is 2.44. The maximum atomic E-state index is 5.85. The molecule has 0 radical (unpaired) electrons. The number of halogens is 1. The molecule has 1 rings (SSSR count). The Kier molecular flexibility index (Phi) is 8.19. The SMILES string of the molecule is CCNC(Cc1ccc(OC)c(Br)c1)C(CC)OCC. The van der Waals surface area contributed by atoms with Crippen LogP contribution in [0.1, 0.15) is 32.8 Å². The second-order valence-corrected chi connectivity index (χ2v) is 5.59. The summed E-state index contributed by atoms with van der Waals surface area (Å²) in [6, 6.07) is 6.59. The van der Waals surface area contributed by atoms with Crippen LogP contribution in [0.3, 0.4) is 0 Å². The molecular formula is C16H26BrNO2. The number of ether oxygens (including phenoxy) is 2. The molecule has 1 N–H and O–H groups in total. The van der Waals surface area contributed by atoms with Crippen LogP contribution in [0.2, 0.25) is 0 Å². The van der Waals surface area contributed by atoms with Gasteiger partial charge in [-0.3, -0.25) is 0 Å². The van der Waals surface area contributed by atoms with Crippen molar-refractivity contribution in [2.75, 3.05) is 20.3 Å². The van der Waals surface area contributed by atoms with Gasteiger partial charge in [0.1, 0.15) is 5.75 Å². The van der Waals surface area contributed by atoms with E-state index < -0.39 is 0 Å². The van der Waals surface area contributed by atoms with Crippen LogP contribution in [0, 0.1) is 0 Å². The van der Waals surface area contributed by atoms with Crippen LogP contribution in [-0.4, -0.2) is 32.4 Å². The van der Waals surface area contributed by atoms with E-state index in [1.165, 1.54) is 5.56 Å². The van der Waals surface area contributed by atoms with Crippen molar-refractivity contribution in [3.05, 3.63) is 28.2 Å². The van der Waals surface area contributed by atoms with Crippen molar-refractivity contribution in [3.8, 4) is 5.75 Å². The Balaban J connectivity index is 2.81. The second-order valence-electron chi connectivity index (χ2n) is 4.74. The van der Waals surface area contributed by atoms with E-state index in [1.807, 2.05) is 6.07 Å². The number of methoxy groups -OCH3 is 1. The summed E-state index contributed by atoms with van der Waals surface area (Å²) in [5.41, 5.74) is 1.28. The first kappa shape index (κ1) is 17.5. The Bertz CT molecular complexity index is 398. The minimum Gasteiger partial charge on any atom is -0.496 e. The van der Waals surface area contributed by atoms with Gasteiger partial charge < -0.3 is 14.8 Å². The highest BCUT2D eigenvalue weighted by molar-refractivity contribution is 9.10. The van der Waals surface area contributed by atoms with Gasteiger partial charge in [-0.1, -0.05) is 19.9 Å². The van der Waals surface area contributed by atoms with E-state index in [-0.39, 0.29) is 6.10 Å². The van der Waals surface area contributed by atoms with Gasteiger partial charge in [-0.2, -0.15) is 0 Å². The zero-order valence-electron chi connectivity index (χ0n) is 12.9. The predicted molar refractivity (Wildman–Crippen MR) is 87.6 cm³/mol. The van der Waals surface area contributed by atoms with E-state index in [2.05, 4.69) is 54.2 Å². The van der Waals surface area contributed by atoms with Gasteiger partial charge in [0.2, 0.25) is 0 Å². The molecule has 0 saturated carbocycles. The zero-order chi connectivity index (χ0) is 15.0. The van der Waals surface area contributed by atoms with E-state index in [0.29, 0.717) is 6.04 Å². The average molecular weight is 344 g/mol. The van der Waals surface area contributed by atoms with Crippen molar-refractivity contribution < 1.29 is 9.47 Å². The molecular weight excluding hydrogens is 318 g/mol. The topological polar surface area (TPSA) is 30.5 Å². The number of hydrogen-bond acceptors (Lipinski definition) is 3. The van der Waals surface area contributed by atoms with Crippen molar-refractivity contribution in [3.63, 3.8) is 0 Å². The largest absolute Gasteiger partial charge is 0.496 e. The summed E-state index contributed by atoms with van der Waals surface area (Å²) in [4.78, 5) is 0. The maximum absolute atomic E-state index is 5.85. The van der Waals surface area contributed by atoms with Gasteiger partial charge in [-0.05, 0) is 59.9 Å². The third-order valence-electron chi connectivity index (χ3n) is 3.37. The summed E-state index contributed by atoms with van der Waals surface area (Å²) < 4.78 is 12.1. The molecule has 0 fully saturated rings. The van der Waals surface area contributed by atoms with Gasteiger partial charge in [0.25, 0.3) is 0 Å². The van der Waals surface area contributed by atoms with Crippen molar-refractivity contribution >= 4 is 15.9 Å². The van der Waals surface area contributed by atoms with Crippen LogP contribution >= 0.6 is 15.9 Å². The second kappa shape index (κ2) is 9.37. The van der Waals surface area contributed by atoms with Crippen molar-refractivity contribution in [1.82, 2.24) is 5.32 Å². The molecule has 0 aromatic heterocycles. The van der Waals surface area contributed by atoms with Gasteiger partial charge in [0.15, 0.2) is 0 Å². The number of hydrogen-bond donors (Lipinski definition) is 1. The molecule has 0 aliphatic carbocycles. The molecule has 0 heterocycles. The lowest BCUT2D eigenvalue weighted by Crippen LogP contribution is -2.42. The summed E-state index contributed by atoms with van der Waals surface area (Å²) in [6.45, 7) is 8.07. The molecule has 2 atom stereocenters. The molecule has 0 aliphatic heterocycles. The summed E-state index contributed by atoms with van der Waals surface area (Å²) in [6.07, 6.45) is 2.22. The minimum atomic E-state index is 0.251. The van der Waals surface area contributed by atoms with Crippen LogP contribution in [0.25, 0.3) is 0 Å². The predicted octanol–water partition coefficient (Wildman–Crippen LogP) is 3.79. The Morgan fingerprint density at radius 3 is 2.50 bits per heavy atom. The fourth-order valence-corrected chi connectivity index (χ4v) is 3.01. The Morgan fingerprint density at radius 2 is 2.00 bits per heavy atom. The standard InChI is InChI=1S/C16H26BrNO2/c1-5-15(20-7-3)14(18-6-2)11-12-8-9-16(19-4)13(17)10-12/h8-10,14-15,18H,5-7,11H2,1-4H3. The lowest BCUT2D eigenvalue weighted by Gasteiger charge is -2.27. The Hall–Kier alpha value is -0.580. The quantitative estimate of drug-likeness (QED) is 0.739. The molecule has 0 bridgehead atoms. The number of benzene rings is 1. The van der Waals surface area contributed by atoms with Gasteiger partial charge in [0, 0.05) is 12.6 Å². The summed E-state index contributed by atoms with van der Waals surface area (Å²) >= 11 is 3.54. The first-order valence-corrected chi connectivity index (χ1v) is 8.12. The summed E-state index contributed by atoms with van der Waals surface area (Å²) in [5.74, 6) is 0.866. The van der Waals surface area contributed by atoms with E-state index in [1.54, 1.807) is 7.11 Å². The van der Waals surface area contributed by atoms with Gasteiger partial charge in [-0.15, -0.1) is 0 Å². The fourth-order valence-electron chi connectivity index (χ4n) is 2.42. The van der Waals surface area contributed by atoms with E-state index >= 15 is 0 Å². The molecule has 0 aliphatic rings. The number of likely N-dealkylation sites (N-methyl/N-ethyl adjacent to an activating group) is 1. The first-order valence-electron chi connectivity index (χ1n) is 7.33. The van der Waals surface area contributed by atoms with Crippen molar-refractivity contribution in [1.29, 1.82) is 0 Å². The monoisotopic (exact) mass is 343 g/mol. The van der Waals surface area contributed by atoms with Crippen LogP contribution in [-0.2, 0) is 11.2 Å². The Labute approximate surface area is 131 Å². The van der Waals surface area contributed by atoms with Gasteiger partial charge in [0.05, 0.1) is 17.7 Å². The van der Waals surface area contributed by atoms with E-state index in [4.69, 9.17) is 9.47 Å². The number of rotatable bonds is 9. The van der Waals surface area contributed by atoms with Crippen LogP contribution in [0.15, 0.2) is 22.7 Å². The maximum Gasteiger partial charge on any atom is 0.133 e. The third kappa shape index (κ3) is 5.08. The highest BCUT2D eigenvalue weighted by atomic mass is 79.9. The molecule has 1 aromatic carbocycles. The van der Waals surface area contributed by atoms with Crippen molar-refractivity contribution in [2.45, 2.75) is 45.8 Å². The van der Waals surface area contributed by atoms with Crippen LogP contribution in [0.5, 0.6) is 5.75 Å². The molecule has 0 saturated heterocycles. The molecule has 0 spiro atoms. The van der Waals surface area contributed by atoms with Crippen LogP contribution in [0.4, 0.5) is 0 Å². The molecule has 2 unspecified atom stereocenters. The lowest BCUT2D eigenvalue weighted by molar-refractivity contribution is 0.0323. The Morgan fingerprint density at radius 1 is 1.25 bits per heavy atom. The fraction of sp³-hybridized carbons (Fsp3) is 0.625. The molecule has 114 valence electrons. The van der Waals surface area contributed by atoms with Crippen LogP contribution < -0.4 is 10.1 Å². The third-order valence-corrected chi connectivity index (χ3v) is 3.99. The summed E-state index contributed by atoms with van der Waals surface area (Å²) in [5, 5.41) is 3.54. The normalized spacial score (nSPS) is 14.1. The van der Waals surface area contributed by atoms with Gasteiger partial charge in [-0.25, -0.2) is 0 Å². The van der Waals surface area contributed by atoms with Gasteiger partial charge >= 0.3 is 0 Å². The molecule has 20 heavy (non-hydrogen) atoms. The molecule has 0 amide bonds. The molecule has 3 nitrogen and oxygen atoms in total. The molecule has 4 heteroatoms. The van der Waals surface area contributed by atoms with E-state index in [0.717, 1.165) is 36.2 Å².